The van der Waals surface area contributed by atoms with E-state index < -0.39 is 0 Å². The molecule has 1 rings (SSSR count). The highest BCUT2D eigenvalue weighted by molar-refractivity contribution is 9.11. The Bertz CT molecular complexity index is 342. The summed E-state index contributed by atoms with van der Waals surface area (Å²) in [7, 11) is 4.15. The standard InChI is InChI=1S/C11H17Br2N3/c1-8(7-16(2)3)14-6-11-10(13)4-9(12)5-15-11/h4-5,8,14H,6-7H2,1-3H3. The van der Waals surface area contributed by atoms with Gasteiger partial charge in [-0.05, 0) is 58.9 Å². The van der Waals surface area contributed by atoms with Crippen molar-refractivity contribution in [3.05, 3.63) is 26.9 Å². The minimum absolute atomic E-state index is 0.451. The Morgan fingerprint density at radius 1 is 1.44 bits per heavy atom. The predicted molar refractivity (Wildman–Crippen MR) is 74.5 cm³/mol. The Balaban J connectivity index is 2.48. The molecule has 0 spiro atoms. The molecular weight excluding hydrogens is 334 g/mol. The van der Waals surface area contributed by atoms with E-state index in [1.165, 1.54) is 0 Å². The highest BCUT2D eigenvalue weighted by Crippen LogP contribution is 2.19. The first-order valence-corrected chi connectivity index (χ1v) is 6.75. The maximum atomic E-state index is 4.36. The van der Waals surface area contributed by atoms with Gasteiger partial charge in [0.1, 0.15) is 0 Å². The third-order valence-electron chi connectivity index (χ3n) is 2.14. The van der Waals surface area contributed by atoms with Crippen molar-refractivity contribution in [2.75, 3.05) is 20.6 Å². The van der Waals surface area contributed by atoms with Gasteiger partial charge in [0, 0.05) is 34.3 Å². The molecule has 0 saturated heterocycles. The van der Waals surface area contributed by atoms with E-state index in [4.69, 9.17) is 0 Å². The molecule has 3 nitrogen and oxygen atoms in total. The van der Waals surface area contributed by atoms with Crippen molar-refractivity contribution in [3.63, 3.8) is 0 Å². The van der Waals surface area contributed by atoms with E-state index in [0.717, 1.165) is 27.7 Å². The number of halogens is 2. The normalized spacial score (nSPS) is 13.1. The molecule has 1 N–H and O–H groups in total. The highest BCUT2D eigenvalue weighted by Gasteiger charge is 2.06. The maximum Gasteiger partial charge on any atom is 0.0684 e. The van der Waals surface area contributed by atoms with Crippen LogP contribution in [0.3, 0.4) is 0 Å². The first-order valence-electron chi connectivity index (χ1n) is 5.17. The van der Waals surface area contributed by atoms with Crippen molar-refractivity contribution < 1.29 is 0 Å². The lowest BCUT2D eigenvalue weighted by Gasteiger charge is -2.18. The minimum atomic E-state index is 0.451. The average molecular weight is 351 g/mol. The summed E-state index contributed by atoms with van der Waals surface area (Å²) in [5.41, 5.74) is 1.04. The molecule has 16 heavy (non-hydrogen) atoms. The Labute approximate surface area is 114 Å². The molecule has 5 heteroatoms. The Kier molecular flexibility index (Phi) is 5.89. The van der Waals surface area contributed by atoms with Crippen LogP contribution in [-0.4, -0.2) is 36.6 Å². The zero-order valence-electron chi connectivity index (χ0n) is 9.80. The number of aromatic nitrogens is 1. The fourth-order valence-electron chi connectivity index (χ4n) is 1.46. The van der Waals surface area contributed by atoms with Crippen molar-refractivity contribution >= 4 is 31.9 Å². The zero-order chi connectivity index (χ0) is 12.1. The summed E-state index contributed by atoms with van der Waals surface area (Å²) in [5.74, 6) is 0. The van der Waals surface area contributed by atoms with Crippen molar-refractivity contribution in [3.8, 4) is 0 Å². The van der Waals surface area contributed by atoms with Crippen LogP contribution in [-0.2, 0) is 6.54 Å². The number of nitrogens with zero attached hydrogens (tertiary/aromatic N) is 2. The summed E-state index contributed by atoms with van der Waals surface area (Å²) >= 11 is 6.89. The summed E-state index contributed by atoms with van der Waals surface area (Å²) in [6.45, 7) is 3.98. The number of pyridine rings is 1. The molecule has 1 heterocycles. The molecular formula is C11H17Br2N3. The second kappa shape index (κ2) is 6.69. The Morgan fingerprint density at radius 2 is 2.12 bits per heavy atom. The van der Waals surface area contributed by atoms with E-state index in [-0.39, 0.29) is 0 Å². The van der Waals surface area contributed by atoms with Gasteiger partial charge in [-0.2, -0.15) is 0 Å². The van der Waals surface area contributed by atoms with Gasteiger partial charge in [-0.25, -0.2) is 0 Å². The zero-order valence-corrected chi connectivity index (χ0v) is 13.0. The van der Waals surface area contributed by atoms with Crippen molar-refractivity contribution in [2.24, 2.45) is 0 Å². The van der Waals surface area contributed by atoms with Crippen LogP contribution in [0.2, 0.25) is 0 Å². The predicted octanol–water partition coefficient (Wildman–Crippen LogP) is 2.65. The fraction of sp³-hybridized carbons (Fsp3) is 0.545. The fourth-order valence-corrected chi connectivity index (χ4v) is 2.58. The Hall–Kier alpha value is 0.0300. The molecule has 0 radical (unpaired) electrons. The van der Waals surface area contributed by atoms with Gasteiger partial charge in [0.2, 0.25) is 0 Å². The lowest BCUT2D eigenvalue weighted by Crippen LogP contribution is -2.35. The topological polar surface area (TPSA) is 28.2 Å². The van der Waals surface area contributed by atoms with Crippen LogP contribution in [0, 0.1) is 0 Å². The van der Waals surface area contributed by atoms with Crippen LogP contribution in [0.5, 0.6) is 0 Å². The van der Waals surface area contributed by atoms with Gasteiger partial charge in [-0.15, -0.1) is 0 Å². The summed E-state index contributed by atoms with van der Waals surface area (Å²) < 4.78 is 2.02. The summed E-state index contributed by atoms with van der Waals surface area (Å²) in [6, 6.07) is 2.47. The van der Waals surface area contributed by atoms with Gasteiger partial charge in [-0.3, -0.25) is 4.98 Å². The van der Waals surface area contributed by atoms with E-state index in [9.17, 15) is 0 Å². The molecule has 0 aliphatic rings. The largest absolute Gasteiger partial charge is 0.308 e. The molecule has 0 fully saturated rings. The molecule has 0 bridgehead atoms. The van der Waals surface area contributed by atoms with Crippen LogP contribution in [0.1, 0.15) is 12.6 Å². The molecule has 0 saturated carbocycles. The molecule has 0 amide bonds. The quantitative estimate of drug-likeness (QED) is 0.884. The summed E-state index contributed by atoms with van der Waals surface area (Å²) in [6.07, 6.45) is 1.82. The number of hydrogen-bond acceptors (Lipinski definition) is 3. The number of hydrogen-bond donors (Lipinski definition) is 1. The molecule has 0 aromatic carbocycles. The van der Waals surface area contributed by atoms with E-state index in [0.29, 0.717) is 6.04 Å². The molecule has 0 aliphatic heterocycles. The summed E-state index contributed by atoms with van der Waals surface area (Å²) in [4.78, 5) is 6.53. The van der Waals surface area contributed by atoms with E-state index in [2.05, 4.69) is 68.1 Å². The molecule has 1 unspecified atom stereocenters. The van der Waals surface area contributed by atoms with Gasteiger partial charge < -0.3 is 10.2 Å². The van der Waals surface area contributed by atoms with E-state index in [1.54, 1.807) is 0 Å². The smallest absolute Gasteiger partial charge is 0.0684 e. The number of likely N-dealkylation sites (N-methyl/N-ethyl adjacent to an activating group) is 1. The van der Waals surface area contributed by atoms with Crippen LogP contribution < -0.4 is 5.32 Å². The lowest BCUT2D eigenvalue weighted by molar-refractivity contribution is 0.348. The van der Waals surface area contributed by atoms with Crippen LogP contribution in [0.15, 0.2) is 21.2 Å². The molecule has 1 aromatic rings. The van der Waals surface area contributed by atoms with Crippen LogP contribution in [0.25, 0.3) is 0 Å². The second-order valence-corrected chi connectivity index (χ2v) is 5.90. The summed E-state index contributed by atoms with van der Waals surface area (Å²) in [5, 5.41) is 3.44. The van der Waals surface area contributed by atoms with Crippen molar-refractivity contribution in [1.82, 2.24) is 15.2 Å². The van der Waals surface area contributed by atoms with Crippen molar-refractivity contribution in [2.45, 2.75) is 19.5 Å². The highest BCUT2D eigenvalue weighted by atomic mass is 79.9. The first kappa shape index (κ1) is 14.1. The average Bonchev–Trinajstić information content (AvgIpc) is 2.15. The number of nitrogens with one attached hydrogen (secondary N) is 1. The maximum absolute atomic E-state index is 4.36. The SMILES string of the molecule is CC(CN(C)C)NCc1ncc(Br)cc1Br. The molecule has 1 atom stereocenters. The van der Waals surface area contributed by atoms with Gasteiger partial charge >= 0.3 is 0 Å². The molecule has 90 valence electrons. The minimum Gasteiger partial charge on any atom is -0.308 e. The molecule has 0 aliphatic carbocycles. The van der Waals surface area contributed by atoms with Crippen LogP contribution >= 0.6 is 31.9 Å². The van der Waals surface area contributed by atoms with Crippen molar-refractivity contribution in [1.29, 1.82) is 0 Å². The lowest BCUT2D eigenvalue weighted by atomic mass is 10.3. The van der Waals surface area contributed by atoms with Gasteiger partial charge in [0.05, 0.1) is 5.69 Å². The van der Waals surface area contributed by atoms with Gasteiger partial charge in [-0.1, -0.05) is 0 Å². The van der Waals surface area contributed by atoms with E-state index in [1.807, 2.05) is 12.3 Å². The second-order valence-electron chi connectivity index (χ2n) is 4.13. The Morgan fingerprint density at radius 3 is 2.69 bits per heavy atom. The third-order valence-corrected chi connectivity index (χ3v) is 3.26. The molecule has 1 aromatic heterocycles. The van der Waals surface area contributed by atoms with Gasteiger partial charge in [0.15, 0.2) is 0 Å². The van der Waals surface area contributed by atoms with Crippen LogP contribution in [0.4, 0.5) is 0 Å². The monoisotopic (exact) mass is 349 g/mol. The van der Waals surface area contributed by atoms with E-state index >= 15 is 0 Å². The number of rotatable bonds is 5. The third kappa shape index (κ3) is 4.91. The van der Waals surface area contributed by atoms with Gasteiger partial charge in [0.25, 0.3) is 0 Å². The first-order chi connectivity index (χ1) is 7.49.